The van der Waals surface area contributed by atoms with Crippen molar-refractivity contribution in [3.05, 3.63) is 29.8 Å². The Morgan fingerprint density at radius 2 is 1.83 bits per heavy atom. The molecule has 1 aromatic carbocycles. The summed E-state index contributed by atoms with van der Waals surface area (Å²) >= 11 is 1.39. The van der Waals surface area contributed by atoms with Gasteiger partial charge >= 0.3 is 0 Å². The zero-order valence-corrected chi connectivity index (χ0v) is 13.6. The summed E-state index contributed by atoms with van der Waals surface area (Å²) in [6.45, 7) is -0.571. The molecule has 1 rings (SSSR count). The van der Waals surface area contributed by atoms with E-state index in [4.69, 9.17) is 5.11 Å². The number of aromatic hydroxyl groups is 1. The first-order valence-corrected chi connectivity index (χ1v) is 8.50. The average molecular weight is 345 g/mol. The molecule has 0 heterocycles. The molecule has 0 aromatic heterocycles. The smallest absolute Gasteiger partial charge is 0.155 e. The first-order chi connectivity index (χ1) is 10.9. The van der Waals surface area contributed by atoms with Crippen LogP contribution in [0.5, 0.6) is 5.75 Å². The van der Waals surface area contributed by atoms with Crippen LogP contribution in [0, 0.1) is 5.92 Å². The van der Waals surface area contributed by atoms with Crippen molar-refractivity contribution in [2.75, 3.05) is 18.6 Å². The van der Waals surface area contributed by atoms with Gasteiger partial charge in [0.15, 0.2) is 12.1 Å². The molecular weight excluding hydrogens is 322 g/mol. The molecule has 3 atom stereocenters. The van der Waals surface area contributed by atoms with E-state index in [-0.39, 0.29) is 18.0 Å². The third-order valence-corrected chi connectivity index (χ3v) is 4.11. The van der Waals surface area contributed by atoms with Crippen molar-refractivity contribution < 1.29 is 30.3 Å². The third-order valence-electron chi connectivity index (χ3n) is 3.35. The molecule has 0 saturated carbocycles. The van der Waals surface area contributed by atoms with Gasteiger partial charge in [-0.1, -0.05) is 12.1 Å². The number of benzene rings is 1. The van der Waals surface area contributed by atoms with Crippen molar-refractivity contribution in [1.82, 2.24) is 5.32 Å². The lowest BCUT2D eigenvalue weighted by Gasteiger charge is -2.24. The van der Waals surface area contributed by atoms with Gasteiger partial charge in [-0.3, -0.25) is 10.1 Å². The number of Topliss-reactive ketones (excluding diaryl/α,β-unsaturated/α-hetero) is 1. The van der Waals surface area contributed by atoms with Gasteiger partial charge < -0.3 is 25.5 Å². The number of carbonyl (C=O) groups is 1. The number of phenols is 1. The summed E-state index contributed by atoms with van der Waals surface area (Å²) in [7, 11) is 0. The normalized spacial score (nSPS) is 15.4. The number of rotatable bonds is 10. The molecule has 0 aliphatic carbocycles. The maximum absolute atomic E-state index is 12.5. The lowest BCUT2D eigenvalue weighted by atomic mass is 9.94. The van der Waals surface area contributed by atoms with Gasteiger partial charge in [0.05, 0.1) is 12.6 Å². The van der Waals surface area contributed by atoms with Crippen molar-refractivity contribution in [3.63, 3.8) is 0 Å². The van der Waals surface area contributed by atoms with Crippen LogP contribution in [-0.4, -0.2) is 62.4 Å². The Morgan fingerprint density at radius 3 is 2.30 bits per heavy atom. The predicted octanol–water partition coefficient (Wildman–Crippen LogP) is -0.417. The van der Waals surface area contributed by atoms with Crippen LogP contribution in [0.3, 0.4) is 0 Å². The number of carbonyl (C=O) groups excluding carboxylic acids is 1. The van der Waals surface area contributed by atoms with E-state index in [0.29, 0.717) is 11.3 Å². The molecule has 1 unspecified atom stereocenters. The fourth-order valence-corrected chi connectivity index (χ4v) is 2.85. The lowest BCUT2D eigenvalue weighted by molar-refractivity contribution is -0.129. The van der Waals surface area contributed by atoms with E-state index in [1.165, 1.54) is 36.0 Å². The van der Waals surface area contributed by atoms with Gasteiger partial charge in [0, 0.05) is 18.1 Å². The molecule has 0 radical (unpaired) electrons. The van der Waals surface area contributed by atoms with Crippen LogP contribution in [0.2, 0.25) is 0 Å². The number of nitrogens with one attached hydrogen (secondary N) is 1. The summed E-state index contributed by atoms with van der Waals surface area (Å²) in [5.41, 5.74) is 0.496. The highest BCUT2D eigenvalue weighted by molar-refractivity contribution is 7.98. The first kappa shape index (κ1) is 19.9. The zero-order chi connectivity index (χ0) is 17.4. The topological polar surface area (TPSA) is 130 Å². The van der Waals surface area contributed by atoms with E-state index in [9.17, 15) is 25.2 Å². The second-order valence-corrected chi connectivity index (χ2v) is 6.10. The Hall–Kier alpha value is -1.16. The average Bonchev–Trinajstić information content (AvgIpc) is 2.52. The number of hydrogen-bond acceptors (Lipinski definition) is 8. The SMILES string of the molecule is CSC[C@H](CC(=O)[C@H](NC(O)CO)c1ccc(O)cc1)C(O)O. The van der Waals surface area contributed by atoms with Crippen LogP contribution < -0.4 is 5.32 Å². The highest BCUT2D eigenvalue weighted by Crippen LogP contribution is 2.23. The fraction of sp³-hybridized carbons (Fsp3) is 0.533. The number of phenolic OH excluding ortho intramolecular Hbond substituents is 1. The summed E-state index contributed by atoms with van der Waals surface area (Å²) in [6, 6.07) is 4.93. The van der Waals surface area contributed by atoms with Gasteiger partial charge in [-0.05, 0) is 24.0 Å². The molecule has 0 aliphatic heterocycles. The number of aliphatic hydroxyl groups is 4. The summed E-state index contributed by atoms with van der Waals surface area (Å²) < 4.78 is 0. The Bertz CT molecular complexity index is 481. The van der Waals surface area contributed by atoms with Crippen LogP contribution in [0.25, 0.3) is 0 Å². The quantitative estimate of drug-likeness (QED) is 0.315. The minimum Gasteiger partial charge on any atom is -0.508 e. The largest absolute Gasteiger partial charge is 0.508 e. The minimum absolute atomic E-state index is 0.0358. The highest BCUT2D eigenvalue weighted by Gasteiger charge is 2.27. The standard InChI is InChI=1S/C15H23NO6S/c1-23-8-10(15(21)22)6-12(19)14(16-13(20)7-17)9-2-4-11(18)5-3-9/h2-5,10,13-18,20-22H,6-8H2,1H3/t10-,13?,14+/m0/s1. The van der Waals surface area contributed by atoms with Gasteiger partial charge in [0.25, 0.3) is 0 Å². The van der Waals surface area contributed by atoms with E-state index >= 15 is 0 Å². The van der Waals surface area contributed by atoms with E-state index in [0.717, 1.165) is 0 Å². The molecule has 0 bridgehead atoms. The van der Waals surface area contributed by atoms with Crippen LogP contribution in [0.15, 0.2) is 24.3 Å². The monoisotopic (exact) mass is 345 g/mol. The third kappa shape index (κ3) is 6.46. The molecule has 8 heteroatoms. The maximum Gasteiger partial charge on any atom is 0.155 e. The molecule has 7 nitrogen and oxygen atoms in total. The molecule has 0 amide bonds. The minimum atomic E-state index is -1.62. The molecule has 130 valence electrons. The van der Waals surface area contributed by atoms with Crippen molar-refractivity contribution >= 4 is 17.5 Å². The molecule has 1 aromatic rings. The molecule has 0 spiro atoms. The van der Waals surface area contributed by atoms with Gasteiger partial charge in [-0.15, -0.1) is 0 Å². The molecule has 23 heavy (non-hydrogen) atoms. The molecule has 0 aliphatic rings. The Labute approximate surface area is 139 Å². The van der Waals surface area contributed by atoms with Crippen LogP contribution in [0.1, 0.15) is 18.0 Å². The van der Waals surface area contributed by atoms with Gasteiger partial charge in [0.2, 0.25) is 0 Å². The zero-order valence-electron chi connectivity index (χ0n) is 12.8. The van der Waals surface area contributed by atoms with Gasteiger partial charge in [-0.25, -0.2) is 0 Å². The van der Waals surface area contributed by atoms with Crippen LogP contribution in [0.4, 0.5) is 0 Å². The second kappa shape index (κ2) is 9.86. The van der Waals surface area contributed by atoms with Gasteiger partial charge in [-0.2, -0.15) is 11.8 Å². The van der Waals surface area contributed by atoms with E-state index in [1.54, 1.807) is 6.26 Å². The molecule has 0 saturated heterocycles. The summed E-state index contributed by atoms with van der Waals surface area (Å²) in [5.74, 6) is -0.553. The van der Waals surface area contributed by atoms with E-state index in [1.807, 2.05) is 0 Å². The predicted molar refractivity (Wildman–Crippen MR) is 86.8 cm³/mol. The Kier molecular flexibility index (Phi) is 8.53. The summed E-state index contributed by atoms with van der Waals surface area (Å²) in [6.07, 6.45) is -1.22. The van der Waals surface area contributed by atoms with Gasteiger partial charge in [0.1, 0.15) is 12.0 Å². The molecular formula is C15H23NO6S. The maximum atomic E-state index is 12.5. The van der Waals surface area contributed by atoms with Crippen molar-refractivity contribution in [1.29, 1.82) is 0 Å². The highest BCUT2D eigenvalue weighted by atomic mass is 32.2. The van der Waals surface area contributed by atoms with E-state index < -0.39 is 31.1 Å². The Balaban J connectivity index is 2.93. The summed E-state index contributed by atoms with van der Waals surface area (Å²) in [5, 5.41) is 49.2. The number of aliphatic hydroxyl groups excluding tert-OH is 3. The first-order valence-electron chi connectivity index (χ1n) is 7.10. The fourth-order valence-electron chi connectivity index (χ4n) is 2.13. The lowest BCUT2D eigenvalue weighted by Crippen LogP contribution is -2.40. The van der Waals surface area contributed by atoms with Crippen molar-refractivity contribution in [2.45, 2.75) is 25.0 Å². The molecule has 0 fully saturated rings. The summed E-state index contributed by atoms with van der Waals surface area (Å²) in [4.78, 5) is 12.5. The van der Waals surface area contributed by atoms with Crippen molar-refractivity contribution in [3.8, 4) is 5.75 Å². The molecule has 6 N–H and O–H groups in total. The van der Waals surface area contributed by atoms with E-state index in [2.05, 4.69) is 5.32 Å². The number of thioether (sulfide) groups is 1. The Morgan fingerprint density at radius 1 is 1.22 bits per heavy atom. The van der Waals surface area contributed by atoms with Crippen molar-refractivity contribution in [2.24, 2.45) is 5.92 Å². The van der Waals surface area contributed by atoms with Crippen LogP contribution in [-0.2, 0) is 4.79 Å². The second-order valence-electron chi connectivity index (χ2n) is 5.19. The van der Waals surface area contributed by atoms with Crippen LogP contribution >= 0.6 is 11.8 Å². The number of hydrogen-bond donors (Lipinski definition) is 6. The number of ketones is 1.